The summed E-state index contributed by atoms with van der Waals surface area (Å²) in [6, 6.07) is 1.86. The van der Waals surface area contributed by atoms with Gasteiger partial charge in [0, 0.05) is 0 Å². The highest BCUT2D eigenvalue weighted by Crippen LogP contribution is 2.33. The fourth-order valence-corrected chi connectivity index (χ4v) is 3.71. The van der Waals surface area contributed by atoms with Crippen molar-refractivity contribution in [2.45, 2.75) is 44.9 Å². The van der Waals surface area contributed by atoms with Crippen molar-refractivity contribution in [3.8, 4) is 0 Å². The highest BCUT2D eigenvalue weighted by Gasteiger charge is 2.26. The molecule has 3 aromatic rings. The quantitative estimate of drug-likeness (QED) is 0.609. The van der Waals surface area contributed by atoms with Gasteiger partial charge in [-0.1, -0.05) is 12.8 Å². The standard InChI is InChI=1S/C19H20N2O6/c1-9(8-22)21-18(26)14-5-12-13(6-15(14)19(21)27)17(25)20(16(12)24)7-11(23)4-10-2-3-10/h5-6,9-11,22-23H,2-4,7-8H2,1H3. The van der Waals surface area contributed by atoms with Crippen LogP contribution in [0.25, 0.3) is 21.5 Å². The zero-order chi connectivity index (χ0) is 19.5. The number of hydrogen-bond acceptors (Lipinski definition) is 6. The van der Waals surface area contributed by atoms with Crippen LogP contribution in [0, 0.1) is 5.92 Å². The molecule has 1 aliphatic carbocycles. The van der Waals surface area contributed by atoms with Crippen molar-refractivity contribution in [2.24, 2.45) is 5.92 Å². The zero-order valence-electron chi connectivity index (χ0n) is 14.8. The van der Waals surface area contributed by atoms with E-state index >= 15 is 0 Å². The lowest BCUT2D eigenvalue weighted by molar-refractivity contribution is 0.136. The Bertz CT molecular complexity index is 1160. The van der Waals surface area contributed by atoms with Crippen LogP contribution in [0.15, 0.2) is 31.3 Å². The molecule has 0 radical (unpaired) electrons. The third-order valence-corrected chi connectivity index (χ3v) is 5.41. The highest BCUT2D eigenvalue weighted by atomic mass is 16.3. The SMILES string of the molecule is CC(CO)n1c(=O)c2cc3c(=O)n(CC(O)CC4CC4)c(=O)c3cc2c1=O. The van der Waals surface area contributed by atoms with Crippen molar-refractivity contribution in [1.82, 2.24) is 9.13 Å². The number of fused-ring (bicyclic) bond motifs is 2. The molecule has 2 N–H and O–H groups in total. The summed E-state index contributed by atoms with van der Waals surface area (Å²) < 4.78 is 1.92. The lowest BCUT2D eigenvalue weighted by Gasteiger charge is -2.08. The predicted molar refractivity (Wildman–Crippen MR) is 100 cm³/mol. The molecule has 8 heteroatoms. The molecule has 2 atom stereocenters. The first-order valence-corrected chi connectivity index (χ1v) is 9.04. The largest absolute Gasteiger partial charge is 0.394 e. The van der Waals surface area contributed by atoms with Crippen molar-refractivity contribution >= 4 is 21.5 Å². The van der Waals surface area contributed by atoms with E-state index in [0.29, 0.717) is 12.3 Å². The van der Waals surface area contributed by atoms with Gasteiger partial charge < -0.3 is 10.2 Å². The number of nitrogens with zero attached hydrogens (tertiary/aromatic N) is 2. The van der Waals surface area contributed by atoms with Crippen LogP contribution in [0.2, 0.25) is 0 Å². The molecule has 1 aromatic carbocycles. The van der Waals surface area contributed by atoms with Crippen molar-refractivity contribution < 1.29 is 10.2 Å². The molecule has 2 aromatic heterocycles. The first-order valence-electron chi connectivity index (χ1n) is 9.04. The van der Waals surface area contributed by atoms with Gasteiger partial charge in [0.15, 0.2) is 0 Å². The average Bonchev–Trinajstić information content (AvgIpc) is 3.38. The van der Waals surface area contributed by atoms with Gasteiger partial charge in [-0.2, -0.15) is 0 Å². The molecule has 142 valence electrons. The summed E-state index contributed by atoms with van der Waals surface area (Å²) in [6.45, 7) is 1.06. The summed E-state index contributed by atoms with van der Waals surface area (Å²) in [4.78, 5) is 50.4. The molecule has 1 fully saturated rings. The minimum atomic E-state index is -0.782. The Morgan fingerprint density at radius 3 is 1.89 bits per heavy atom. The molecule has 0 bridgehead atoms. The highest BCUT2D eigenvalue weighted by molar-refractivity contribution is 5.97. The van der Waals surface area contributed by atoms with Gasteiger partial charge in [0.05, 0.1) is 46.8 Å². The Hall–Kier alpha value is -2.58. The second-order valence-corrected chi connectivity index (χ2v) is 7.51. The van der Waals surface area contributed by atoms with E-state index in [4.69, 9.17) is 0 Å². The molecule has 8 nitrogen and oxygen atoms in total. The lowest BCUT2D eigenvalue weighted by Crippen LogP contribution is -2.31. The summed E-state index contributed by atoms with van der Waals surface area (Å²) in [5.74, 6) is 0.453. The summed E-state index contributed by atoms with van der Waals surface area (Å²) in [6.07, 6.45) is 1.88. The zero-order valence-corrected chi connectivity index (χ0v) is 14.8. The average molecular weight is 372 g/mol. The van der Waals surface area contributed by atoms with Crippen LogP contribution in [0.1, 0.15) is 32.2 Å². The van der Waals surface area contributed by atoms with E-state index in [1.807, 2.05) is 0 Å². The first-order chi connectivity index (χ1) is 12.8. The Morgan fingerprint density at radius 1 is 0.963 bits per heavy atom. The summed E-state index contributed by atoms with van der Waals surface area (Å²) >= 11 is 0. The second-order valence-electron chi connectivity index (χ2n) is 7.51. The van der Waals surface area contributed by atoms with Gasteiger partial charge in [0.25, 0.3) is 22.2 Å². The van der Waals surface area contributed by atoms with E-state index in [9.17, 15) is 29.4 Å². The molecule has 2 heterocycles. The maximum atomic E-state index is 12.6. The molecular formula is C19H20N2O6. The monoisotopic (exact) mass is 372 g/mol. The molecule has 4 rings (SSSR count). The van der Waals surface area contributed by atoms with Gasteiger partial charge in [0.2, 0.25) is 0 Å². The minimum Gasteiger partial charge on any atom is -0.394 e. The summed E-state index contributed by atoms with van der Waals surface area (Å²) in [5.41, 5.74) is -2.32. The molecule has 0 aliphatic heterocycles. The van der Waals surface area contributed by atoms with E-state index in [1.165, 1.54) is 19.1 Å². The van der Waals surface area contributed by atoms with Crippen molar-refractivity contribution in [1.29, 1.82) is 0 Å². The molecule has 2 unspecified atom stereocenters. The molecule has 1 aliphatic rings. The summed E-state index contributed by atoms with van der Waals surface area (Å²) in [5, 5.41) is 19.6. The number of benzene rings is 1. The van der Waals surface area contributed by atoms with Crippen LogP contribution in [0.4, 0.5) is 0 Å². The van der Waals surface area contributed by atoms with Crippen LogP contribution in [-0.4, -0.2) is 32.1 Å². The topological polar surface area (TPSA) is 119 Å². The normalized spacial score (nSPS) is 17.0. The maximum Gasteiger partial charge on any atom is 0.261 e. The van der Waals surface area contributed by atoms with E-state index in [1.54, 1.807) is 0 Å². The van der Waals surface area contributed by atoms with Crippen molar-refractivity contribution in [3.63, 3.8) is 0 Å². The third-order valence-electron chi connectivity index (χ3n) is 5.41. The lowest BCUT2D eigenvalue weighted by atomic mass is 10.1. The Labute approximate surface area is 152 Å². The van der Waals surface area contributed by atoms with Gasteiger partial charge in [-0.05, 0) is 31.4 Å². The van der Waals surface area contributed by atoms with Crippen LogP contribution in [0.3, 0.4) is 0 Å². The number of aliphatic hydroxyl groups excluding tert-OH is 2. The summed E-state index contributed by atoms with van der Waals surface area (Å²) in [7, 11) is 0. The maximum absolute atomic E-state index is 12.6. The molecule has 0 amide bonds. The van der Waals surface area contributed by atoms with E-state index < -0.39 is 34.4 Å². The smallest absolute Gasteiger partial charge is 0.261 e. The number of hydrogen-bond donors (Lipinski definition) is 2. The third kappa shape index (κ3) is 2.76. The van der Waals surface area contributed by atoms with Gasteiger partial charge in [-0.3, -0.25) is 28.3 Å². The number of aromatic nitrogens is 2. The van der Waals surface area contributed by atoms with Gasteiger partial charge >= 0.3 is 0 Å². The Kier molecular flexibility index (Phi) is 4.12. The van der Waals surface area contributed by atoms with Crippen molar-refractivity contribution in [3.05, 3.63) is 53.5 Å². The predicted octanol–water partition coefficient (Wildman–Crippen LogP) is -0.373. The van der Waals surface area contributed by atoms with E-state index in [-0.39, 0.29) is 34.7 Å². The fourth-order valence-electron chi connectivity index (χ4n) is 3.71. The van der Waals surface area contributed by atoms with Crippen LogP contribution < -0.4 is 22.2 Å². The van der Waals surface area contributed by atoms with E-state index in [2.05, 4.69) is 0 Å². The minimum absolute atomic E-state index is 0.0561. The van der Waals surface area contributed by atoms with Gasteiger partial charge in [0.1, 0.15) is 0 Å². The Balaban J connectivity index is 1.89. The van der Waals surface area contributed by atoms with Gasteiger partial charge in [-0.25, -0.2) is 0 Å². The molecule has 1 saturated carbocycles. The number of rotatable bonds is 6. The second kappa shape index (κ2) is 6.24. The Morgan fingerprint density at radius 2 is 1.44 bits per heavy atom. The fraction of sp³-hybridized carbons (Fsp3) is 0.474. The van der Waals surface area contributed by atoms with Crippen LogP contribution in [0.5, 0.6) is 0 Å². The van der Waals surface area contributed by atoms with Gasteiger partial charge in [-0.15, -0.1) is 0 Å². The van der Waals surface area contributed by atoms with E-state index in [0.717, 1.165) is 22.0 Å². The number of aliphatic hydroxyl groups is 2. The van der Waals surface area contributed by atoms with Crippen molar-refractivity contribution in [2.75, 3.05) is 6.61 Å². The molecule has 27 heavy (non-hydrogen) atoms. The van der Waals surface area contributed by atoms with Crippen LogP contribution in [-0.2, 0) is 6.54 Å². The molecular weight excluding hydrogens is 352 g/mol. The van der Waals surface area contributed by atoms with Crippen LogP contribution >= 0.6 is 0 Å². The first kappa shape index (κ1) is 17.8. The molecule has 0 spiro atoms. The molecule has 0 saturated heterocycles.